The van der Waals surface area contributed by atoms with Crippen molar-refractivity contribution in [3.63, 3.8) is 0 Å². The van der Waals surface area contributed by atoms with Gasteiger partial charge in [-0.1, -0.05) is 19.1 Å². The van der Waals surface area contributed by atoms with Crippen molar-refractivity contribution in [1.82, 2.24) is 0 Å². The van der Waals surface area contributed by atoms with Crippen molar-refractivity contribution in [2.45, 2.75) is 37.7 Å². The molecule has 2 heteroatoms. The fourth-order valence-electron chi connectivity index (χ4n) is 1.43. The Hall–Kier alpha value is -0.630. The summed E-state index contributed by atoms with van der Waals surface area (Å²) in [5.74, 6) is -0.0648. The molecule has 0 heterocycles. The van der Waals surface area contributed by atoms with E-state index in [1.54, 1.807) is 0 Å². The van der Waals surface area contributed by atoms with Crippen molar-refractivity contribution in [2.75, 3.05) is 0 Å². The molecule has 1 N–H and O–H groups in total. The van der Waals surface area contributed by atoms with Gasteiger partial charge in [-0.15, -0.1) is 0 Å². The van der Waals surface area contributed by atoms with Gasteiger partial charge >= 0.3 is 0 Å². The number of carbonyl (C=O) groups excluding carboxylic acids is 1. The van der Waals surface area contributed by atoms with Crippen LogP contribution in [0, 0.1) is 0 Å². The van der Waals surface area contributed by atoms with Crippen molar-refractivity contribution < 1.29 is 9.90 Å². The van der Waals surface area contributed by atoms with Crippen LogP contribution in [0.1, 0.15) is 32.1 Å². The minimum Gasteiger partial charge on any atom is -0.378 e. The highest BCUT2D eigenvalue weighted by atomic mass is 16.3. The first-order valence-electron chi connectivity index (χ1n) is 4.08. The smallest absolute Gasteiger partial charge is 0.168 e. The number of hydrogen-bond donors (Lipinski definition) is 1. The van der Waals surface area contributed by atoms with Gasteiger partial charge in [0.25, 0.3) is 0 Å². The summed E-state index contributed by atoms with van der Waals surface area (Å²) in [6.45, 7) is 3.48. The molecule has 11 heavy (non-hydrogen) atoms. The Labute approximate surface area is 66.9 Å². The average Bonchev–Trinajstić information content (AvgIpc) is 2.16. The molecule has 2 nitrogen and oxygen atoms in total. The van der Waals surface area contributed by atoms with Crippen molar-refractivity contribution in [2.24, 2.45) is 0 Å². The van der Waals surface area contributed by atoms with Crippen LogP contribution in [-0.2, 0) is 4.79 Å². The van der Waals surface area contributed by atoms with Crippen molar-refractivity contribution in [3.8, 4) is 0 Å². The van der Waals surface area contributed by atoms with Crippen LogP contribution in [0.3, 0.4) is 0 Å². The molecule has 1 rings (SSSR count). The number of Topliss-reactive ketones (excluding diaryl/α,β-unsaturated/α-hetero) is 1. The van der Waals surface area contributed by atoms with Gasteiger partial charge in [0, 0.05) is 6.42 Å². The van der Waals surface area contributed by atoms with E-state index in [2.05, 4.69) is 6.58 Å². The standard InChI is InChI=1S/C9H14O2/c1-2-9(11)7-5-3-4-6-8(9)10/h2,11H,1,3-7H2. The molecule has 0 bridgehead atoms. The predicted molar refractivity (Wildman–Crippen MR) is 43.2 cm³/mol. The normalized spacial score (nSPS) is 33.0. The second kappa shape index (κ2) is 3.18. The fraction of sp³-hybridized carbons (Fsp3) is 0.667. The van der Waals surface area contributed by atoms with Gasteiger partial charge in [-0.25, -0.2) is 0 Å². The van der Waals surface area contributed by atoms with Gasteiger partial charge < -0.3 is 5.11 Å². The number of ketones is 1. The quantitative estimate of drug-likeness (QED) is 0.458. The van der Waals surface area contributed by atoms with Gasteiger partial charge in [-0.3, -0.25) is 4.79 Å². The summed E-state index contributed by atoms with van der Waals surface area (Å²) in [6.07, 6.45) is 5.31. The topological polar surface area (TPSA) is 37.3 Å². The van der Waals surface area contributed by atoms with Gasteiger partial charge in [-0.2, -0.15) is 0 Å². The first kappa shape index (κ1) is 8.47. The van der Waals surface area contributed by atoms with E-state index in [9.17, 15) is 9.90 Å². The van der Waals surface area contributed by atoms with E-state index in [0.717, 1.165) is 19.3 Å². The molecule has 0 aromatic carbocycles. The summed E-state index contributed by atoms with van der Waals surface area (Å²) in [5, 5.41) is 9.66. The van der Waals surface area contributed by atoms with Crippen LogP contribution in [0.4, 0.5) is 0 Å². The van der Waals surface area contributed by atoms with Crippen LogP contribution >= 0.6 is 0 Å². The van der Waals surface area contributed by atoms with E-state index in [1.807, 2.05) is 0 Å². The molecule has 0 aromatic heterocycles. The Morgan fingerprint density at radius 2 is 2.18 bits per heavy atom. The summed E-state index contributed by atoms with van der Waals surface area (Å²) < 4.78 is 0. The summed E-state index contributed by atoms with van der Waals surface area (Å²) in [6, 6.07) is 0. The van der Waals surface area contributed by atoms with Crippen molar-refractivity contribution in [3.05, 3.63) is 12.7 Å². The van der Waals surface area contributed by atoms with Crippen LogP contribution in [-0.4, -0.2) is 16.5 Å². The predicted octanol–water partition coefficient (Wildman–Crippen LogP) is 1.44. The number of rotatable bonds is 1. The summed E-state index contributed by atoms with van der Waals surface area (Å²) in [7, 11) is 0. The third-order valence-corrected chi connectivity index (χ3v) is 2.28. The SMILES string of the molecule is C=CC1(O)CCCCCC1=O. The lowest BCUT2D eigenvalue weighted by Gasteiger charge is -2.19. The van der Waals surface area contributed by atoms with Crippen LogP contribution in [0.25, 0.3) is 0 Å². The zero-order chi connectivity index (χ0) is 8.32. The summed E-state index contributed by atoms with van der Waals surface area (Å²) in [5.41, 5.74) is -1.21. The van der Waals surface area contributed by atoms with Crippen LogP contribution < -0.4 is 0 Å². The highest BCUT2D eigenvalue weighted by molar-refractivity contribution is 5.89. The van der Waals surface area contributed by atoms with Crippen LogP contribution in [0.2, 0.25) is 0 Å². The van der Waals surface area contributed by atoms with E-state index in [0.29, 0.717) is 12.8 Å². The van der Waals surface area contributed by atoms with E-state index < -0.39 is 5.60 Å². The molecule has 1 fully saturated rings. The van der Waals surface area contributed by atoms with E-state index in [1.165, 1.54) is 6.08 Å². The monoisotopic (exact) mass is 154 g/mol. The second-order valence-corrected chi connectivity index (χ2v) is 3.11. The Balaban J connectivity index is 2.73. The Morgan fingerprint density at radius 1 is 1.45 bits per heavy atom. The van der Waals surface area contributed by atoms with Crippen LogP contribution in [0.5, 0.6) is 0 Å². The third-order valence-electron chi connectivity index (χ3n) is 2.28. The van der Waals surface area contributed by atoms with Crippen LogP contribution in [0.15, 0.2) is 12.7 Å². The lowest BCUT2D eigenvalue weighted by molar-refractivity contribution is -0.132. The Morgan fingerprint density at radius 3 is 2.82 bits per heavy atom. The first-order chi connectivity index (χ1) is 5.19. The molecule has 0 aromatic rings. The van der Waals surface area contributed by atoms with E-state index >= 15 is 0 Å². The molecule has 0 radical (unpaired) electrons. The maximum Gasteiger partial charge on any atom is 0.168 e. The molecule has 1 aliphatic rings. The average molecular weight is 154 g/mol. The number of aliphatic hydroxyl groups is 1. The molecule has 1 aliphatic carbocycles. The molecule has 1 saturated carbocycles. The molecule has 1 atom stereocenters. The van der Waals surface area contributed by atoms with Gasteiger partial charge in [0.1, 0.15) is 5.60 Å². The van der Waals surface area contributed by atoms with Gasteiger partial charge in [0.2, 0.25) is 0 Å². The minimum absolute atomic E-state index is 0.0648. The van der Waals surface area contributed by atoms with E-state index in [4.69, 9.17) is 0 Å². The highest BCUT2D eigenvalue weighted by Gasteiger charge is 2.32. The Bertz CT molecular complexity index is 174. The molecule has 0 spiro atoms. The maximum absolute atomic E-state index is 11.2. The molecule has 0 amide bonds. The lowest BCUT2D eigenvalue weighted by atomic mass is 9.94. The van der Waals surface area contributed by atoms with Crippen molar-refractivity contribution >= 4 is 5.78 Å². The van der Waals surface area contributed by atoms with Gasteiger partial charge in [0.05, 0.1) is 0 Å². The number of carbonyl (C=O) groups is 1. The Kier molecular flexibility index (Phi) is 2.45. The zero-order valence-electron chi connectivity index (χ0n) is 6.68. The minimum atomic E-state index is -1.21. The largest absolute Gasteiger partial charge is 0.378 e. The van der Waals surface area contributed by atoms with Gasteiger partial charge in [-0.05, 0) is 19.3 Å². The first-order valence-corrected chi connectivity index (χ1v) is 4.08. The molecule has 0 saturated heterocycles. The maximum atomic E-state index is 11.2. The van der Waals surface area contributed by atoms with E-state index in [-0.39, 0.29) is 5.78 Å². The highest BCUT2D eigenvalue weighted by Crippen LogP contribution is 2.24. The second-order valence-electron chi connectivity index (χ2n) is 3.11. The van der Waals surface area contributed by atoms with Crippen molar-refractivity contribution in [1.29, 1.82) is 0 Å². The summed E-state index contributed by atoms with van der Waals surface area (Å²) in [4.78, 5) is 11.2. The molecule has 62 valence electrons. The molecular weight excluding hydrogens is 140 g/mol. The zero-order valence-corrected chi connectivity index (χ0v) is 6.68. The molecule has 0 aliphatic heterocycles. The third kappa shape index (κ3) is 1.69. The summed E-state index contributed by atoms with van der Waals surface area (Å²) >= 11 is 0. The molecular formula is C9H14O2. The molecule has 1 unspecified atom stereocenters. The van der Waals surface area contributed by atoms with Gasteiger partial charge in [0.15, 0.2) is 5.78 Å². The lowest BCUT2D eigenvalue weighted by Crippen LogP contribution is -2.34. The number of hydrogen-bond acceptors (Lipinski definition) is 2. The fourth-order valence-corrected chi connectivity index (χ4v) is 1.43.